The first kappa shape index (κ1) is 24.3. The second kappa shape index (κ2) is 8.75. The van der Waals surface area contributed by atoms with E-state index in [2.05, 4.69) is 0 Å². The van der Waals surface area contributed by atoms with Gasteiger partial charge in [-0.05, 0) is 68.0 Å². The molecule has 1 saturated heterocycles. The zero-order valence-electron chi connectivity index (χ0n) is 20.7. The molecule has 2 atom stereocenters. The molecule has 1 amide bonds. The van der Waals surface area contributed by atoms with Crippen LogP contribution in [0.4, 0.5) is 8.78 Å². The number of hydrogen-bond donors (Lipinski definition) is 0. The van der Waals surface area contributed by atoms with Crippen LogP contribution in [0.1, 0.15) is 42.5 Å². The third-order valence-electron chi connectivity index (χ3n) is 8.14. The first-order chi connectivity index (χ1) is 17.6. The van der Waals surface area contributed by atoms with Gasteiger partial charge in [-0.25, -0.2) is 21.9 Å². The molecule has 2 fully saturated rings. The predicted octanol–water partition coefficient (Wildman–Crippen LogP) is 4.39. The lowest BCUT2D eigenvalue weighted by atomic mass is 9.84. The Morgan fingerprint density at radius 3 is 2.57 bits per heavy atom. The van der Waals surface area contributed by atoms with Crippen molar-refractivity contribution in [3.05, 3.63) is 71.2 Å². The third-order valence-corrected chi connectivity index (χ3v) is 9.89. The molecule has 3 aliphatic rings. The highest BCUT2D eigenvalue weighted by molar-refractivity contribution is 7.91. The highest BCUT2D eigenvalue weighted by atomic mass is 32.2. The van der Waals surface area contributed by atoms with Gasteiger partial charge in [0.2, 0.25) is 5.91 Å². The monoisotopic (exact) mass is 525 g/mol. The van der Waals surface area contributed by atoms with E-state index in [1.807, 2.05) is 24.3 Å². The Labute approximate surface area is 215 Å². The summed E-state index contributed by atoms with van der Waals surface area (Å²) in [6, 6.07) is 13.2. The molecule has 194 valence electrons. The summed E-state index contributed by atoms with van der Waals surface area (Å²) >= 11 is 0. The van der Waals surface area contributed by atoms with E-state index in [0.29, 0.717) is 49.8 Å². The topological polar surface area (TPSA) is 72.3 Å². The van der Waals surface area contributed by atoms with Gasteiger partial charge in [-0.15, -0.1) is 0 Å². The molecule has 2 aromatic carbocycles. The highest BCUT2D eigenvalue weighted by Gasteiger charge is 2.45. The third kappa shape index (κ3) is 4.47. The molecule has 37 heavy (non-hydrogen) atoms. The van der Waals surface area contributed by atoms with Crippen molar-refractivity contribution >= 4 is 15.7 Å². The van der Waals surface area contributed by atoms with Crippen molar-refractivity contribution in [2.75, 3.05) is 18.6 Å². The Morgan fingerprint density at radius 2 is 1.89 bits per heavy atom. The van der Waals surface area contributed by atoms with Gasteiger partial charge in [0.05, 0.1) is 22.9 Å². The standard InChI is InChI=1S/C28H29F2N3O3S/c1-32(23-11-14-37(35,36)17-23)27(34)19-5-10-24-25(16-19)33(22-8-6-21(29)7-9-22)31-26(24)18-3-2-4-20(15-18)28(30)12-13-28/h2-4,6-9,15,19,23H,5,10-14,16-17H2,1H3. The molecule has 6 nitrogen and oxygen atoms in total. The molecular formula is C28H29F2N3O3S. The number of rotatable bonds is 5. The average molecular weight is 526 g/mol. The first-order valence-corrected chi connectivity index (χ1v) is 14.6. The fourth-order valence-electron chi connectivity index (χ4n) is 5.74. The molecule has 9 heteroatoms. The van der Waals surface area contributed by atoms with Crippen LogP contribution in [0.15, 0.2) is 48.5 Å². The Balaban J connectivity index is 1.36. The van der Waals surface area contributed by atoms with Crippen LogP contribution < -0.4 is 0 Å². The van der Waals surface area contributed by atoms with E-state index >= 15 is 0 Å². The fraction of sp³-hybridized carbons (Fsp3) is 0.429. The molecule has 2 unspecified atom stereocenters. The van der Waals surface area contributed by atoms with Gasteiger partial charge in [-0.1, -0.05) is 18.2 Å². The maximum Gasteiger partial charge on any atom is 0.226 e. The van der Waals surface area contributed by atoms with E-state index in [1.165, 1.54) is 12.1 Å². The number of amides is 1. The number of fused-ring (bicyclic) bond motifs is 1. The number of halogens is 2. The number of alkyl halides is 1. The van der Waals surface area contributed by atoms with Gasteiger partial charge in [0, 0.05) is 42.2 Å². The Bertz CT molecular complexity index is 1480. The van der Waals surface area contributed by atoms with Crippen LogP contribution in [-0.4, -0.2) is 53.6 Å². The average Bonchev–Trinajstić information content (AvgIpc) is 3.38. The van der Waals surface area contributed by atoms with Gasteiger partial charge in [0.1, 0.15) is 11.5 Å². The lowest BCUT2D eigenvalue weighted by molar-refractivity contribution is -0.136. The fourth-order valence-corrected chi connectivity index (χ4v) is 7.52. The molecule has 2 aliphatic carbocycles. The maximum atomic E-state index is 14.8. The minimum absolute atomic E-state index is 0.0112. The van der Waals surface area contributed by atoms with Gasteiger partial charge in [0.25, 0.3) is 0 Å². The van der Waals surface area contributed by atoms with Crippen LogP contribution in [0.3, 0.4) is 0 Å². The molecule has 2 heterocycles. The molecule has 0 radical (unpaired) electrons. The van der Waals surface area contributed by atoms with Crippen molar-refractivity contribution in [1.29, 1.82) is 0 Å². The summed E-state index contributed by atoms with van der Waals surface area (Å²) in [5.74, 6) is -0.592. The molecule has 3 aromatic rings. The van der Waals surface area contributed by atoms with Gasteiger partial charge in [-0.2, -0.15) is 5.10 Å². The summed E-state index contributed by atoms with van der Waals surface area (Å²) < 4.78 is 54.2. The molecule has 1 saturated carbocycles. The van der Waals surface area contributed by atoms with E-state index < -0.39 is 15.5 Å². The Hall–Kier alpha value is -3.07. The van der Waals surface area contributed by atoms with Crippen LogP contribution in [0.5, 0.6) is 0 Å². The molecule has 6 rings (SSSR count). The number of aromatic nitrogens is 2. The summed E-state index contributed by atoms with van der Waals surface area (Å²) in [7, 11) is -1.41. The van der Waals surface area contributed by atoms with Crippen LogP contribution >= 0.6 is 0 Å². The quantitative estimate of drug-likeness (QED) is 0.496. The number of benzene rings is 2. The zero-order valence-corrected chi connectivity index (χ0v) is 21.5. The van der Waals surface area contributed by atoms with Crippen LogP contribution in [0.25, 0.3) is 16.9 Å². The van der Waals surface area contributed by atoms with E-state index in [0.717, 1.165) is 22.5 Å². The Kier molecular flexibility index (Phi) is 5.74. The molecule has 0 bridgehead atoms. The molecule has 0 N–H and O–H groups in total. The molecular weight excluding hydrogens is 496 g/mol. The van der Waals surface area contributed by atoms with E-state index in [-0.39, 0.29) is 35.2 Å². The van der Waals surface area contributed by atoms with E-state index in [4.69, 9.17) is 5.10 Å². The lowest BCUT2D eigenvalue weighted by Gasteiger charge is -2.30. The van der Waals surface area contributed by atoms with Crippen LogP contribution in [0, 0.1) is 11.7 Å². The van der Waals surface area contributed by atoms with Crippen LogP contribution in [-0.2, 0) is 33.1 Å². The van der Waals surface area contributed by atoms with E-state index in [9.17, 15) is 22.0 Å². The smallest absolute Gasteiger partial charge is 0.226 e. The number of sulfone groups is 1. The Morgan fingerprint density at radius 1 is 1.14 bits per heavy atom. The van der Waals surface area contributed by atoms with Gasteiger partial charge >= 0.3 is 0 Å². The predicted molar refractivity (Wildman–Crippen MR) is 136 cm³/mol. The highest BCUT2D eigenvalue weighted by Crippen LogP contribution is 2.50. The molecule has 1 aliphatic heterocycles. The summed E-state index contributed by atoms with van der Waals surface area (Å²) in [4.78, 5) is 15.1. The maximum absolute atomic E-state index is 14.8. The number of carbonyl (C=O) groups is 1. The van der Waals surface area contributed by atoms with Crippen molar-refractivity contribution in [3.8, 4) is 16.9 Å². The normalized spacial score (nSPS) is 23.4. The minimum atomic E-state index is -3.10. The summed E-state index contributed by atoms with van der Waals surface area (Å²) in [5.41, 5.74) is 3.57. The first-order valence-electron chi connectivity index (χ1n) is 12.8. The van der Waals surface area contributed by atoms with E-state index in [1.54, 1.807) is 28.8 Å². The summed E-state index contributed by atoms with van der Waals surface area (Å²) in [6.45, 7) is 0. The van der Waals surface area contributed by atoms with Gasteiger partial charge < -0.3 is 4.90 Å². The summed E-state index contributed by atoms with van der Waals surface area (Å²) in [6.07, 6.45) is 3.19. The van der Waals surface area contributed by atoms with Gasteiger partial charge in [0.15, 0.2) is 9.84 Å². The second-order valence-corrected chi connectivity index (χ2v) is 12.9. The van der Waals surface area contributed by atoms with Crippen LogP contribution in [0.2, 0.25) is 0 Å². The largest absolute Gasteiger partial charge is 0.341 e. The lowest BCUT2D eigenvalue weighted by Crippen LogP contribution is -2.43. The number of hydrogen-bond acceptors (Lipinski definition) is 4. The number of nitrogens with zero attached hydrogens (tertiary/aromatic N) is 3. The van der Waals surface area contributed by atoms with Crippen molar-refractivity contribution in [3.63, 3.8) is 0 Å². The molecule has 0 spiro atoms. The van der Waals surface area contributed by atoms with Crippen molar-refractivity contribution in [1.82, 2.24) is 14.7 Å². The van der Waals surface area contributed by atoms with Gasteiger partial charge in [-0.3, -0.25) is 4.79 Å². The summed E-state index contributed by atoms with van der Waals surface area (Å²) in [5, 5.41) is 4.91. The van der Waals surface area contributed by atoms with Crippen molar-refractivity contribution < 1.29 is 22.0 Å². The second-order valence-electron chi connectivity index (χ2n) is 10.7. The van der Waals surface area contributed by atoms with Crippen molar-refractivity contribution in [2.45, 2.75) is 50.2 Å². The zero-order chi connectivity index (χ0) is 25.9. The number of carbonyl (C=O) groups excluding carboxylic acids is 1. The minimum Gasteiger partial charge on any atom is -0.341 e. The molecule has 1 aromatic heterocycles. The SMILES string of the molecule is CN(C(=O)C1CCc2c(-c3cccc(C4(F)CC4)c3)nn(-c3ccc(F)cc3)c2C1)C1CCS(=O)(=O)C1. The van der Waals surface area contributed by atoms with Crippen molar-refractivity contribution in [2.24, 2.45) is 5.92 Å².